The molecule has 1 aromatic carbocycles. The maximum Gasteiger partial charge on any atom is 0.161 e. The fourth-order valence-corrected chi connectivity index (χ4v) is 3.29. The van der Waals surface area contributed by atoms with Crippen molar-refractivity contribution in [3.63, 3.8) is 0 Å². The molecular formula is C18H16F3N3. The van der Waals surface area contributed by atoms with Gasteiger partial charge in [-0.2, -0.15) is 0 Å². The second-order valence-electron chi connectivity index (χ2n) is 6.11. The fraction of sp³-hybridized carbons (Fsp3) is 0.278. The van der Waals surface area contributed by atoms with Crippen molar-refractivity contribution in [3.8, 4) is 11.3 Å². The lowest BCUT2D eigenvalue weighted by Crippen LogP contribution is -2.16. The Morgan fingerprint density at radius 2 is 1.75 bits per heavy atom. The summed E-state index contributed by atoms with van der Waals surface area (Å²) < 4.78 is 43.0. The molecule has 1 saturated carbocycles. The summed E-state index contributed by atoms with van der Waals surface area (Å²) in [4.78, 5) is 4.43. The first-order valence-electron chi connectivity index (χ1n) is 8.02. The van der Waals surface area contributed by atoms with Crippen LogP contribution in [0.4, 0.5) is 19.0 Å². The molecule has 2 aromatic heterocycles. The van der Waals surface area contributed by atoms with Gasteiger partial charge in [-0.1, -0.05) is 18.9 Å². The van der Waals surface area contributed by atoms with E-state index in [1.54, 1.807) is 6.07 Å². The molecule has 24 heavy (non-hydrogen) atoms. The number of imidazole rings is 1. The number of hydrogen-bond acceptors (Lipinski definition) is 2. The van der Waals surface area contributed by atoms with E-state index in [2.05, 4.69) is 10.3 Å². The van der Waals surface area contributed by atoms with Crippen molar-refractivity contribution in [3.05, 3.63) is 54.0 Å². The van der Waals surface area contributed by atoms with E-state index in [0.29, 0.717) is 23.2 Å². The first-order chi connectivity index (χ1) is 11.6. The van der Waals surface area contributed by atoms with E-state index in [0.717, 1.165) is 31.7 Å². The normalized spacial score (nSPS) is 15.3. The molecule has 0 saturated heterocycles. The van der Waals surface area contributed by atoms with E-state index in [1.807, 2.05) is 22.7 Å². The zero-order chi connectivity index (χ0) is 16.7. The van der Waals surface area contributed by atoms with Crippen molar-refractivity contribution < 1.29 is 13.2 Å². The van der Waals surface area contributed by atoms with Crippen molar-refractivity contribution in [2.24, 2.45) is 0 Å². The molecule has 1 fully saturated rings. The molecule has 6 heteroatoms. The molecule has 0 radical (unpaired) electrons. The van der Waals surface area contributed by atoms with E-state index in [-0.39, 0.29) is 11.6 Å². The van der Waals surface area contributed by atoms with Gasteiger partial charge >= 0.3 is 0 Å². The van der Waals surface area contributed by atoms with Gasteiger partial charge in [-0.15, -0.1) is 0 Å². The highest BCUT2D eigenvalue weighted by molar-refractivity contribution is 5.77. The van der Waals surface area contributed by atoms with Crippen molar-refractivity contribution in [2.75, 3.05) is 5.32 Å². The van der Waals surface area contributed by atoms with Gasteiger partial charge in [0.2, 0.25) is 0 Å². The molecule has 124 valence electrons. The molecule has 0 atom stereocenters. The Kier molecular flexibility index (Phi) is 3.67. The fourth-order valence-electron chi connectivity index (χ4n) is 3.29. The number of halogens is 3. The summed E-state index contributed by atoms with van der Waals surface area (Å²) in [5, 5.41) is 3.41. The predicted molar refractivity (Wildman–Crippen MR) is 86.4 cm³/mol. The summed E-state index contributed by atoms with van der Waals surface area (Å²) in [6, 6.07) is 7.17. The number of benzene rings is 1. The Labute approximate surface area is 137 Å². The third-order valence-electron chi connectivity index (χ3n) is 4.49. The Morgan fingerprint density at radius 1 is 1.00 bits per heavy atom. The van der Waals surface area contributed by atoms with Crippen LogP contribution in [0.3, 0.4) is 0 Å². The number of nitrogens with one attached hydrogen (secondary N) is 1. The average Bonchev–Trinajstić information content (AvgIpc) is 3.20. The maximum absolute atomic E-state index is 14.3. The van der Waals surface area contributed by atoms with Crippen molar-refractivity contribution in [1.82, 2.24) is 9.38 Å². The maximum atomic E-state index is 14.3. The highest BCUT2D eigenvalue weighted by Gasteiger charge is 2.23. The molecule has 0 spiro atoms. The molecule has 4 rings (SSSR count). The summed E-state index contributed by atoms with van der Waals surface area (Å²) in [5.41, 5.74) is 0.875. The largest absolute Gasteiger partial charge is 0.367 e. The van der Waals surface area contributed by atoms with Gasteiger partial charge in [0, 0.05) is 23.9 Å². The molecule has 0 aliphatic heterocycles. The minimum Gasteiger partial charge on any atom is -0.367 e. The quantitative estimate of drug-likeness (QED) is 0.700. The molecule has 0 amide bonds. The van der Waals surface area contributed by atoms with E-state index >= 15 is 0 Å². The zero-order valence-electron chi connectivity index (χ0n) is 12.9. The monoisotopic (exact) mass is 331 g/mol. The van der Waals surface area contributed by atoms with Gasteiger partial charge in [-0.3, -0.25) is 4.40 Å². The molecule has 1 N–H and O–H groups in total. The number of pyridine rings is 1. The lowest BCUT2D eigenvalue weighted by molar-refractivity contribution is 0.496. The lowest BCUT2D eigenvalue weighted by Gasteiger charge is -2.15. The minimum absolute atomic E-state index is 0.0434. The third kappa shape index (κ3) is 2.52. The topological polar surface area (TPSA) is 29.3 Å². The predicted octanol–water partition coefficient (Wildman–Crippen LogP) is 4.77. The van der Waals surface area contributed by atoms with Gasteiger partial charge in [0.25, 0.3) is 0 Å². The van der Waals surface area contributed by atoms with Crippen LogP contribution < -0.4 is 5.32 Å². The molecule has 3 aromatic rings. The van der Waals surface area contributed by atoms with Gasteiger partial charge < -0.3 is 5.32 Å². The molecule has 3 nitrogen and oxygen atoms in total. The standard InChI is InChI=1S/C18H16F3N3/c19-13-10-15(21)14(20)9-12(13)17-18(22-11-5-1-2-6-11)24-8-4-3-7-16(24)23-17/h3-4,7-11,22H,1-2,5-6H2. The van der Waals surface area contributed by atoms with Crippen LogP contribution in [0.1, 0.15) is 25.7 Å². The number of fused-ring (bicyclic) bond motifs is 1. The molecular weight excluding hydrogens is 315 g/mol. The highest BCUT2D eigenvalue weighted by atomic mass is 19.2. The van der Waals surface area contributed by atoms with Crippen LogP contribution in [0, 0.1) is 17.5 Å². The van der Waals surface area contributed by atoms with Crippen molar-refractivity contribution in [1.29, 1.82) is 0 Å². The summed E-state index contributed by atoms with van der Waals surface area (Å²) >= 11 is 0. The summed E-state index contributed by atoms with van der Waals surface area (Å²) in [5.74, 6) is -2.50. The van der Waals surface area contributed by atoms with Crippen LogP contribution in [0.15, 0.2) is 36.5 Å². The van der Waals surface area contributed by atoms with Crippen LogP contribution in [-0.4, -0.2) is 15.4 Å². The number of rotatable bonds is 3. The van der Waals surface area contributed by atoms with Gasteiger partial charge in [0.05, 0.1) is 0 Å². The first-order valence-corrected chi connectivity index (χ1v) is 8.02. The van der Waals surface area contributed by atoms with Gasteiger partial charge in [-0.05, 0) is 31.0 Å². The van der Waals surface area contributed by atoms with Crippen molar-refractivity contribution >= 4 is 11.5 Å². The summed E-state index contributed by atoms with van der Waals surface area (Å²) in [7, 11) is 0. The average molecular weight is 331 g/mol. The van der Waals surface area contributed by atoms with Gasteiger partial charge in [0.15, 0.2) is 11.6 Å². The Hall–Kier alpha value is -2.50. The second kappa shape index (κ2) is 5.85. The molecule has 0 bridgehead atoms. The van der Waals surface area contributed by atoms with Crippen LogP contribution in [0.5, 0.6) is 0 Å². The number of hydrogen-bond donors (Lipinski definition) is 1. The number of nitrogens with zero attached hydrogens (tertiary/aromatic N) is 2. The van der Waals surface area contributed by atoms with Crippen LogP contribution in [0.2, 0.25) is 0 Å². The van der Waals surface area contributed by atoms with Gasteiger partial charge in [0.1, 0.15) is 23.0 Å². The van der Waals surface area contributed by atoms with E-state index in [4.69, 9.17) is 0 Å². The zero-order valence-corrected chi connectivity index (χ0v) is 12.9. The summed E-state index contributed by atoms with van der Waals surface area (Å²) in [6.07, 6.45) is 6.16. The smallest absolute Gasteiger partial charge is 0.161 e. The SMILES string of the molecule is Fc1cc(F)c(-c2nc3ccccn3c2NC2CCCC2)cc1F. The molecule has 1 aliphatic carbocycles. The van der Waals surface area contributed by atoms with Crippen molar-refractivity contribution in [2.45, 2.75) is 31.7 Å². The third-order valence-corrected chi connectivity index (χ3v) is 4.49. The van der Waals surface area contributed by atoms with Gasteiger partial charge in [-0.25, -0.2) is 18.2 Å². The number of aromatic nitrogens is 2. The van der Waals surface area contributed by atoms with Crippen LogP contribution in [0.25, 0.3) is 16.9 Å². The highest BCUT2D eigenvalue weighted by Crippen LogP contribution is 2.34. The number of anilines is 1. The summed E-state index contributed by atoms with van der Waals surface area (Å²) in [6.45, 7) is 0. The Bertz CT molecular complexity index is 898. The van der Waals surface area contributed by atoms with E-state index < -0.39 is 17.5 Å². The van der Waals surface area contributed by atoms with E-state index in [9.17, 15) is 13.2 Å². The molecule has 0 unspecified atom stereocenters. The molecule has 1 aliphatic rings. The molecule has 2 heterocycles. The van der Waals surface area contributed by atoms with E-state index in [1.165, 1.54) is 0 Å². The van der Waals surface area contributed by atoms with Crippen LogP contribution in [-0.2, 0) is 0 Å². The minimum atomic E-state index is -1.20. The Balaban J connectivity index is 1.89. The first kappa shape index (κ1) is 15.1. The second-order valence-corrected chi connectivity index (χ2v) is 6.11. The lowest BCUT2D eigenvalue weighted by atomic mass is 10.1. The Morgan fingerprint density at radius 3 is 2.54 bits per heavy atom. The van der Waals surface area contributed by atoms with Crippen LogP contribution >= 0.6 is 0 Å².